The van der Waals surface area contributed by atoms with Crippen LogP contribution in [0.4, 0.5) is 11.6 Å². The van der Waals surface area contributed by atoms with Gasteiger partial charge in [0, 0.05) is 36.0 Å². The van der Waals surface area contributed by atoms with Crippen molar-refractivity contribution in [3.05, 3.63) is 55.1 Å². The second kappa shape index (κ2) is 6.63. The lowest BCUT2D eigenvalue weighted by Gasteiger charge is -2.27. The molecule has 0 saturated heterocycles. The number of aromatic nitrogens is 6. The van der Waals surface area contributed by atoms with E-state index >= 15 is 0 Å². The van der Waals surface area contributed by atoms with Gasteiger partial charge in [-0.1, -0.05) is 24.3 Å². The molecule has 5 heterocycles. The fraction of sp³-hybridized carbons (Fsp3) is 0.136. The number of hydrogen-bond donors (Lipinski definition) is 1. The molecule has 1 aliphatic rings. The van der Waals surface area contributed by atoms with Gasteiger partial charge in [0.05, 0.1) is 30.1 Å². The third-order valence-corrected chi connectivity index (χ3v) is 5.52. The average Bonchev–Trinajstić information content (AvgIpc) is 3.24. The molecule has 0 bridgehead atoms. The number of para-hydroxylation sites is 1. The highest BCUT2D eigenvalue weighted by atomic mass is 16.5. The number of anilines is 2. The summed E-state index contributed by atoms with van der Waals surface area (Å²) in [5.74, 6) is 0.987. The minimum Gasteiger partial charge on any atom is -0.486 e. The number of nitrogens with zero attached hydrogens (tertiary/aromatic N) is 7. The second-order valence-corrected chi connectivity index (χ2v) is 7.41. The van der Waals surface area contributed by atoms with E-state index < -0.39 is 0 Å². The molecule has 152 valence electrons. The van der Waals surface area contributed by atoms with Gasteiger partial charge in [-0.25, -0.2) is 24.5 Å². The number of hydrogen-bond acceptors (Lipinski definition) is 8. The molecule has 2 N–H and O–H groups in total. The molecule has 9 nitrogen and oxygen atoms in total. The van der Waals surface area contributed by atoms with E-state index in [9.17, 15) is 0 Å². The Morgan fingerprint density at radius 1 is 1.00 bits per heavy atom. The highest BCUT2D eigenvalue weighted by Gasteiger charge is 2.22. The fourth-order valence-electron chi connectivity index (χ4n) is 3.89. The number of nitrogen functional groups attached to an aromatic ring is 1. The first-order valence-corrected chi connectivity index (χ1v) is 9.88. The summed E-state index contributed by atoms with van der Waals surface area (Å²) in [6, 6.07) is 10.0. The zero-order valence-electron chi connectivity index (χ0n) is 16.7. The molecular formula is C22H18N8O. The zero-order chi connectivity index (χ0) is 20.9. The van der Waals surface area contributed by atoms with E-state index in [4.69, 9.17) is 15.5 Å². The van der Waals surface area contributed by atoms with E-state index in [1.807, 2.05) is 43.6 Å². The highest BCUT2D eigenvalue weighted by molar-refractivity contribution is 5.94. The first-order valence-electron chi connectivity index (χ1n) is 9.88. The Hall–Kier alpha value is -4.27. The van der Waals surface area contributed by atoms with E-state index in [0.717, 1.165) is 51.4 Å². The molecule has 9 heteroatoms. The van der Waals surface area contributed by atoms with Crippen molar-refractivity contribution in [2.75, 3.05) is 30.8 Å². The molecule has 1 aromatic carbocycles. The molecule has 4 aromatic heterocycles. The van der Waals surface area contributed by atoms with Crippen LogP contribution in [0, 0.1) is 0 Å². The number of fused-ring (bicyclic) bond motifs is 4. The first kappa shape index (κ1) is 17.6. The third-order valence-electron chi connectivity index (χ3n) is 5.52. The summed E-state index contributed by atoms with van der Waals surface area (Å²) >= 11 is 0. The van der Waals surface area contributed by atoms with Crippen LogP contribution in [-0.2, 0) is 0 Å². The topological polar surface area (TPSA) is 107 Å². The minimum atomic E-state index is 0.241. The molecule has 0 saturated carbocycles. The average molecular weight is 410 g/mol. The number of benzene rings is 1. The van der Waals surface area contributed by atoms with Gasteiger partial charge in [-0.3, -0.25) is 0 Å². The highest BCUT2D eigenvalue weighted by Crippen LogP contribution is 2.35. The fourth-order valence-corrected chi connectivity index (χ4v) is 3.89. The molecule has 0 atom stereocenters. The molecule has 6 rings (SSSR count). The number of pyridine rings is 1. The largest absolute Gasteiger partial charge is 0.486 e. The zero-order valence-corrected chi connectivity index (χ0v) is 16.7. The summed E-state index contributed by atoms with van der Waals surface area (Å²) in [6.07, 6.45) is 7.01. The standard InChI is InChI=1S/C22H18N8O/c1-29-7-8-31-20-18(29)12-27-30-17(11-24-21(20)30)16-6-5-13-3-2-4-15(19(13)28-16)14-9-25-22(23)26-10-14/h2-6,9-12H,7-8H2,1H3,(H2,23,25,26). The normalized spacial score (nSPS) is 13.4. The van der Waals surface area contributed by atoms with Crippen LogP contribution >= 0.6 is 0 Å². The van der Waals surface area contributed by atoms with Crippen molar-refractivity contribution in [3.8, 4) is 28.3 Å². The maximum atomic E-state index is 5.90. The van der Waals surface area contributed by atoms with Crippen molar-refractivity contribution in [2.45, 2.75) is 0 Å². The number of nitrogens with two attached hydrogens (primary N) is 1. The molecule has 0 radical (unpaired) electrons. The molecule has 5 aromatic rings. The molecular weight excluding hydrogens is 392 g/mol. The summed E-state index contributed by atoms with van der Waals surface area (Å²) in [7, 11) is 2.02. The van der Waals surface area contributed by atoms with Crippen LogP contribution in [0.15, 0.2) is 55.1 Å². The lowest BCUT2D eigenvalue weighted by Crippen LogP contribution is -2.29. The Morgan fingerprint density at radius 2 is 1.87 bits per heavy atom. The predicted octanol–water partition coefficient (Wildman–Crippen LogP) is 2.81. The maximum absolute atomic E-state index is 5.90. The first-order chi connectivity index (χ1) is 15.2. The molecule has 0 fully saturated rings. The smallest absolute Gasteiger partial charge is 0.219 e. The van der Waals surface area contributed by atoms with Gasteiger partial charge in [-0.15, -0.1) is 0 Å². The van der Waals surface area contributed by atoms with Crippen molar-refractivity contribution >= 4 is 28.2 Å². The maximum Gasteiger partial charge on any atom is 0.219 e. The van der Waals surface area contributed by atoms with Gasteiger partial charge in [0.25, 0.3) is 0 Å². The molecule has 0 aliphatic carbocycles. The van der Waals surface area contributed by atoms with Gasteiger partial charge in [0.2, 0.25) is 5.95 Å². The Labute approximate surface area is 177 Å². The minimum absolute atomic E-state index is 0.241. The summed E-state index contributed by atoms with van der Waals surface area (Å²) in [5, 5.41) is 5.63. The lowest BCUT2D eigenvalue weighted by atomic mass is 10.0. The molecule has 0 spiro atoms. The third kappa shape index (κ3) is 2.74. The van der Waals surface area contributed by atoms with Crippen LogP contribution in [0.3, 0.4) is 0 Å². The van der Waals surface area contributed by atoms with Crippen LogP contribution < -0.4 is 15.4 Å². The lowest BCUT2D eigenvalue weighted by molar-refractivity contribution is 0.312. The Morgan fingerprint density at radius 3 is 2.74 bits per heavy atom. The summed E-state index contributed by atoms with van der Waals surface area (Å²) in [4.78, 5) is 19.9. The summed E-state index contributed by atoms with van der Waals surface area (Å²) < 4.78 is 7.68. The van der Waals surface area contributed by atoms with Crippen LogP contribution in [0.1, 0.15) is 0 Å². The van der Waals surface area contributed by atoms with Gasteiger partial charge >= 0.3 is 0 Å². The molecule has 1 aliphatic heterocycles. The van der Waals surface area contributed by atoms with Gasteiger partial charge in [0.1, 0.15) is 18.0 Å². The van der Waals surface area contributed by atoms with Crippen LogP contribution in [0.2, 0.25) is 0 Å². The number of rotatable bonds is 2. The van der Waals surface area contributed by atoms with Crippen LogP contribution in [-0.4, -0.2) is 49.7 Å². The van der Waals surface area contributed by atoms with Crippen LogP contribution in [0.5, 0.6) is 5.75 Å². The second-order valence-electron chi connectivity index (χ2n) is 7.41. The van der Waals surface area contributed by atoms with Crippen molar-refractivity contribution in [3.63, 3.8) is 0 Å². The van der Waals surface area contributed by atoms with Crippen LogP contribution in [0.25, 0.3) is 39.1 Å². The number of ether oxygens (including phenoxy) is 1. The molecule has 31 heavy (non-hydrogen) atoms. The molecule has 0 unspecified atom stereocenters. The van der Waals surface area contributed by atoms with E-state index in [-0.39, 0.29) is 5.95 Å². The van der Waals surface area contributed by atoms with Gasteiger partial charge in [0.15, 0.2) is 11.4 Å². The van der Waals surface area contributed by atoms with Crippen molar-refractivity contribution in [1.29, 1.82) is 0 Å². The Kier molecular flexibility index (Phi) is 3.76. The van der Waals surface area contributed by atoms with Crippen molar-refractivity contribution in [1.82, 2.24) is 29.5 Å². The summed E-state index contributed by atoms with van der Waals surface area (Å²) in [6.45, 7) is 1.44. The number of likely N-dealkylation sites (N-methyl/N-ethyl adjacent to an activating group) is 1. The van der Waals surface area contributed by atoms with Crippen molar-refractivity contribution < 1.29 is 4.74 Å². The van der Waals surface area contributed by atoms with E-state index in [2.05, 4.69) is 25.0 Å². The Bertz CT molecular complexity index is 1440. The van der Waals surface area contributed by atoms with Gasteiger partial charge in [-0.2, -0.15) is 5.10 Å². The molecule has 0 amide bonds. The van der Waals surface area contributed by atoms with E-state index in [1.54, 1.807) is 23.1 Å². The van der Waals surface area contributed by atoms with E-state index in [1.165, 1.54) is 0 Å². The SMILES string of the molecule is CN1CCOc2c1cnn1c(-c3ccc4cccc(-c5cnc(N)nc5)c4n3)cnc21. The van der Waals surface area contributed by atoms with Gasteiger partial charge < -0.3 is 15.4 Å². The number of imidazole rings is 1. The Balaban J connectivity index is 1.53. The quantitative estimate of drug-likeness (QED) is 0.473. The monoisotopic (exact) mass is 410 g/mol. The van der Waals surface area contributed by atoms with E-state index in [0.29, 0.717) is 12.3 Å². The summed E-state index contributed by atoms with van der Waals surface area (Å²) in [5.41, 5.74) is 11.5. The predicted molar refractivity (Wildman–Crippen MR) is 118 cm³/mol. The van der Waals surface area contributed by atoms with Gasteiger partial charge in [-0.05, 0) is 6.07 Å². The van der Waals surface area contributed by atoms with Crippen molar-refractivity contribution in [2.24, 2.45) is 0 Å².